The number of carbonyl (C=O) groups excluding carboxylic acids is 2. The van der Waals surface area contributed by atoms with E-state index in [0.717, 1.165) is 12.8 Å². The van der Waals surface area contributed by atoms with Gasteiger partial charge < -0.3 is 25.5 Å². The number of alkyl halides is 3. The van der Waals surface area contributed by atoms with Gasteiger partial charge in [0.15, 0.2) is 0 Å². The van der Waals surface area contributed by atoms with E-state index in [1.54, 1.807) is 6.92 Å². The number of halogens is 3. The number of benzene rings is 1. The molecule has 208 valence electrons. The first kappa shape index (κ1) is 26.9. The molecule has 2 saturated carbocycles. The smallest absolute Gasteiger partial charge is 0.263 e. The minimum absolute atomic E-state index is 0.0139. The molecule has 5 rings (SSSR count). The van der Waals surface area contributed by atoms with Crippen molar-refractivity contribution < 1.29 is 32.6 Å². The van der Waals surface area contributed by atoms with E-state index >= 15 is 0 Å². The van der Waals surface area contributed by atoms with Crippen LogP contribution in [0.15, 0.2) is 24.5 Å². The van der Waals surface area contributed by atoms with Crippen molar-refractivity contribution in [3.05, 3.63) is 41.3 Å². The quantitative estimate of drug-likeness (QED) is 0.324. The lowest BCUT2D eigenvalue weighted by molar-refractivity contribution is -0.124. The summed E-state index contributed by atoms with van der Waals surface area (Å²) in [6.45, 7) is 1.48. The Morgan fingerprint density at radius 1 is 1.18 bits per heavy atom. The number of nitrogens with zero attached hydrogens (tertiary/aromatic N) is 2. The van der Waals surface area contributed by atoms with E-state index < -0.39 is 43.1 Å². The standard InChI is InChI=1S/C27H30F3N5O4/c1-13-22(27(38)35-19-6-5-16(9-18(19)28)34-21(37)10-36)24-25(33-13)23(31-12-32-24)17-8-15(26(29)30)4-7-20(17)39-11-14-2-3-14/h4,7-8,12,14,16,18-19,26,33,36H,2-3,5-6,9-11H2,1H3,(H,34,37)(H,35,38)/t16-,18+,19-/m0/s1. The Bertz CT molecular complexity index is 1380. The fourth-order valence-electron chi connectivity index (χ4n) is 5.01. The minimum Gasteiger partial charge on any atom is -0.493 e. The zero-order valence-electron chi connectivity index (χ0n) is 21.3. The van der Waals surface area contributed by atoms with Gasteiger partial charge in [-0.05, 0) is 56.7 Å². The van der Waals surface area contributed by atoms with Crippen molar-refractivity contribution in [1.29, 1.82) is 0 Å². The highest BCUT2D eigenvalue weighted by molar-refractivity contribution is 6.09. The van der Waals surface area contributed by atoms with Crippen LogP contribution in [0.2, 0.25) is 0 Å². The lowest BCUT2D eigenvalue weighted by Crippen LogP contribution is -2.50. The van der Waals surface area contributed by atoms with Gasteiger partial charge in [0.05, 0.1) is 23.7 Å². The molecule has 0 radical (unpaired) electrons. The van der Waals surface area contributed by atoms with Crippen LogP contribution in [-0.4, -0.2) is 63.3 Å². The lowest BCUT2D eigenvalue weighted by Gasteiger charge is -2.32. The van der Waals surface area contributed by atoms with E-state index in [2.05, 4.69) is 25.6 Å². The highest BCUT2D eigenvalue weighted by Gasteiger charge is 2.33. The number of aliphatic hydroxyl groups is 1. The third kappa shape index (κ3) is 5.85. The highest BCUT2D eigenvalue weighted by atomic mass is 19.3. The number of fused-ring (bicyclic) bond motifs is 1. The molecule has 2 heterocycles. The first-order valence-corrected chi connectivity index (χ1v) is 13.0. The Labute approximate surface area is 222 Å². The molecule has 39 heavy (non-hydrogen) atoms. The molecule has 0 aliphatic heterocycles. The SMILES string of the molecule is Cc1[nH]c2c(-c3cc(C(F)F)ccc3OCC3CC3)ncnc2c1C(=O)N[C@H]1CC[C@H](NC(=O)CO)C[C@H]1F. The van der Waals surface area contributed by atoms with Gasteiger partial charge in [0.1, 0.15) is 36.1 Å². The van der Waals surface area contributed by atoms with Crippen LogP contribution in [0.5, 0.6) is 5.75 Å². The van der Waals surface area contributed by atoms with Gasteiger partial charge in [0, 0.05) is 29.3 Å². The van der Waals surface area contributed by atoms with Gasteiger partial charge in [-0.3, -0.25) is 9.59 Å². The summed E-state index contributed by atoms with van der Waals surface area (Å²) < 4.78 is 48.0. The molecule has 0 unspecified atom stereocenters. The molecule has 3 atom stereocenters. The van der Waals surface area contributed by atoms with Gasteiger partial charge in [-0.1, -0.05) is 0 Å². The number of aromatic amines is 1. The molecule has 9 nitrogen and oxygen atoms in total. The van der Waals surface area contributed by atoms with Gasteiger partial charge in [-0.2, -0.15) is 0 Å². The fourth-order valence-corrected chi connectivity index (χ4v) is 5.01. The Kier molecular flexibility index (Phi) is 7.74. The van der Waals surface area contributed by atoms with Crippen molar-refractivity contribution in [1.82, 2.24) is 25.6 Å². The second kappa shape index (κ2) is 11.2. The molecule has 2 amide bonds. The average Bonchev–Trinajstić information content (AvgIpc) is 3.68. The van der Waals surface area contributed by atoms with Crippen LogP contribution < -0.4 is 15.4 Å². The summed E-state index contributed by atoms with van der Waals surface area (Å²) in [5.74, 6) is -0.239. The number of ether oxygens (including phenoxy) is 1. The Morgan fingerprint density at radius 3 is 2.67 bits per heavy atom. The first-order chi connectivity index (χ1) is 18.7. The van der Waals surface area contributed by atoms with Crippen LogP contribution in [0.25, 0.3) is 22.3 Å². The number of amides is 2. The van der Waals surface area contributed by atoms with E-state index in [0.29, 0.717) is 53.6 Å². The lowest BCUT2D eigenvalue weighted by atomic mass is 9.89. The second-order valence-electron chi connectivity index (χ2n) is 10.2. The van der Waals surface area contributed by atoms with Crippen LogP contribution in [-0.2, 0) is 4.79 Å². The van der Waals surface area contributed by atoms with Gasteiger partial charge in [-0.15, -0.1) is 0 Å². The van der Waals surface area contributed by atoms with Gasteiger partial charge >= 0.3 is 0 Å². The van der Waals surface area contributed by atoms with Crippen molar-refractivity contribution in [2.24, 2.45) is 5.92 Å². The molecule has 0 spiro atoms. The van der Waals surface area contributed by atoms with Crippen LogP contribution in [0, 0.1) is 12.8 Å². The number of hydrogen-bond acceptors (Lipinski definition) is 6. The number of hydrogen-bond donors (Lipinski definition) is 4. The summed E-state index contributed by atoms with van der Waals surface area (Å²) in [6, 6.07) is 2.99. The molecule has 2 aliphatic carbocycles. The monoisotopic (exact) mass is 545 g/mol. The van der Waals surface area contributed by atoms with Crippen LogP contribution in [0.1, 0.15) is 60.1 Å². The predicted molar refractivity (Wildman–Crippen MR) is 136 cm³/mol. The maximum atomic E-state index is 14.9. The Hall–Kier alpha value is -3.67. The van der Waals surface area contributed by atoms with Crippen LogP contribution in [0.4, 0.5) is 13.2 Å². The predicted octanol–water partition coefficient (Wildman–Crippen LogP) is 3.76. The molecule has 2 fully saturated rings. The summed E-state index contributed by atoms with van der Waals surface area (Å²) in [5, 5.41) is 14.2. The zero-order chi connectivity index (χ0) is 27.7. The molecule has 2 aliphatic rings. The van der Waals surface area contributed by atoms with Crippen LogP contribution in [0.3, 0.4) is 0 Å². The van der Waals surface area contributed by atoms with E-state index in [-0.39, 0.29) is 23.1 Å². The Balaban J connectivity index is 1.42. The third-order valence-electron chi connectivity index (χ3n) is 7.28. The number of aliphatic hydroxyl groups excluding tert-OH is 1. The van der Waals surface area contributed by atoms with Gasteiger partial charge in [0.25, 0.3) is 12.3 Å². The Morgan fingerprint density at radius 2 is 1.97 bits per heavy atom. The minimum atomic E-state index is -2.69. The number of rotatable bonds is 9. The molecule has 4 N–H and O–H groups in total. The first-order valence-electron chi connectivity index (χ1n) is 13.0. The van der Waals surface area contributed by atoms with Crippen LogP contribution >= 0.6 is 0 Å². The van der Waals surface area contributed by atoms with E-state index in [1.165, 1.54) is 24.5 Å². The number of aryl methyl sites for hydroxylation is 1. The van der Waals surface area contributed by atoms with Crippen molar-refractivity contribution >= 4 is 22.8 Å². The normalized spacial score (nSPS) is 21.2. The summed E-state index contributed by atoms with van der Waals surface area (Å²) in [6.07, 6.45) is 0.0586. The maximum Gasteiger partial charge on any atom is 0.263 e. The van der Waals surface area contributed by atoms with E-state index in [9.17, 15) is 22.8 Å². The summed E-state index contributed by atoms with van der Waals surface area (Å²) >= 11 is 0. The third-order valence-corrected chi connectivity index (χ3v) is 7.28. The van der Waals surface area contributed by atoms with Gasteiger partial charge in [-0.25, -0.2) is 23.1 Å². The fraction of sp³-hybridized carbons (Fsp3) is 0.481. The topological polar surface area (TPSA) is 129 Å². The molecule has 0 bridgehead atoms. The number of carbonyl (C=O) groups is 2. The van der Waals surface area contributed by atoms with E-state index in [4.69, 9.17) is 9.84 Å². The molecule has 2 aromatic heterocycles. The summed E-state index contributed by atoms with van der Waals surface area (Å²) in [7, 11) is 0. The van der Waals surface area contributed by atoms with E-state index in [1.807, 2.05) is 0 Å². The maximum absolute atomic E-state index is 14.9. The molecule has 12 heteroatoms. The highest BCUT2D eigenvalue weighted by Crippen LogP contribution is 2.38. The van der Waals surface area contributed by atoms with Crippen molar-refractivity contribution in [3.63, 3.8) is 0 Å². The second-order valence-corrected chi connectivity index (χ2v) is 10.2. The van der Waals surface area contributed by atoms with Crippen molar-refractivity contribution in [2.45, 2.75) is 63.7 Å². The molecular formula is C27H30F3N5O4. The number of aromatic nitrogens is 3. The molecule has 3 aromatic rings. The molecule has 0 saturated heterocycles. The average molecular weight is 546 g/mol. The van der Waals surface area contributed by atoms with Gasteiger partial charge in [0.2, 0.25) is 5.91 Å². The largest absolute Gasteiger partial charge is 0.493 e. The summed E-state index contributed by atoms with van der Waals surface area (Å²) in [4.78, 5) is 36.5. The zero-order valence-corrected chi connectivity index (χ0v) is 21.3. The molecular weight excluding hydrogens is 515 g/mol. The number of nitrogens with one attached hydrogen (secondary N) is 3. The summed E-state index contributed by atoms with van der Waals surface area (Å²) in [5.41, 5.74) is 1.84. The number of H-pyrrole nitrogens is 1. The molecule has 1 aromatic carbocycles. The van der Waals surface area contributed by atoms with Crippen molar-refractivity contribution in [3.8, 4) is 17.0 Å². The van der Waals surface area contributed by atoms with Crippen molar-refractivity contribution in [2.75, 3.05) is 13.2 Å².